The lowest BCUT2D eigenvalue weighted by Gasteiger charge is -2.05. The second-order valence-corrected chi connectivity index (χ2v) is 5.29. The molecule has 0 aromatic carbocycles. The highest BCUT2D eigenvalue weighted by molar-refractivity contribution is 5.70. The van der Waals surface area contributed by atoms with Crippen molar-refractivity contribution in [2.45, 2.75) is 46.5 Å². The summed E-state index contributed by atoms with van der Waals surface area (Å²) < 4.78 is 14.4. The highest BCUT2D eigenvalue weighted by Crippen LogP contribution is 1.98. The number of aliphatic hydroxyl groups excluding tert-OH is 1. The summed E-state index contributed by atoms with van der Waals surface area (Å²) in [6.07, 6.45) is 5.57. The Labute approximate surface area is 139 Å². The van der Waals surface area contributed by atoms with E-state index in [1.165, 1.54) is 6.08 Å². The number of carbonyl (C=O) groups is 2. The molecular formula is C17H32O6. The first-order chi connectivity index (χ1) is 11.0. The van der Waals surface area contributed by atoms with Gasteiger partial charge in [-0.05, 0) is 18.8 Å². The number of rotatable bonds is 12. The number of carbonyl (C=O) groups excluding carboxylic acids is 2. The fraction of sp³-hybridized carbons (Fsp3) is 0.765. The first-order valence-electron chi connectivity index (χ1n) is 8.08. The van der Waals surface area contributed by atoms with Crippen molar-refractivity contribution in [2.75, 3.05) is 33.0 Å². The Morgan fingerprint density at radius 3 is 2.35 bits per heavy atom. The molecule has 23 heavy (non-hydrogen) atoms. The van der Waals surface area contributed by atoms with Crippen LogP contribution in [0.1, 0.15) is 46.5 Å². The van der Waals surface area contributed by atoms with Gasteiger partial charge < -0.3 is 19.3 Å². The van der Waals surface area contributed by atoms with E-state index in [1.807, 2.05) is 0 Å². The van der Waals surface area contributed by atoms with Crippen molar-refractivity contribution in [3.63, 3.8) is 0 Å². The maximum absolute atomic E-state index is 10.9. The lowest BCUT2D eigenvalue weighted by atomic mass is 10.1. The molecule has 0 unspecified atom stereocenters. The zero-order valence-corrected chi connectivity index (χ0v) is 14.7. The minimum Gasteiger partial charge on any atom is -0.464 e. The van der Waals surface area contributed by atoms with E-state index < -0.39 is 12.6 Å². The van der Waals surface area contributed by atoms with Crippen LogP contribution in [-0.4, -0.2) is 50.1 Å². The van der Waals surface area contributed by atoms with E-state index in [1.54, 1.807) is 0 Å². The first-order valence-corrected chi connectivity index (χ1v) is 8.08. The van der Waals surface area contributed by atoms with Crippen LogP contribution >= 0.6 is 0 Å². The molecule has 0 atom stereocenters. The largest absolute Gasteiger partial charge is 0.464 e. The molecule has 0 bridgehead atoms. The van der Waals surface area contributed by atoms with Gasteiger partial charge in [0.25, 0.3) is 0 Å². The van der Waals surface area contributed by atoms with E-state index in [0.717, 1.165) is 25.7 Å². The molecule has 0 saturated carbocycles. The number of aliphatic hydroxyl groups is 1. The van der Waals surface area contributed by atoms with E-state index >= 15 is 0 Å². The van der Waals surface area contributed by atoms with Crippen LogP contribution < -0.4 is 0 Å². The van der Waals surface area contributed by atoms with Gasteiger partial charge in [-0.15, -0.1) is 0 Å². The lowest BCUT2D eigenvalue weighted by molar-refractivity contribution is -0.148. The molecule has 0 aliphatic carbocycles. The van der Waals surface area contributed by atoms with Gasteiger partial charge in [0.2, 0.25) is 0 Å². The minimum absolute atomic E-state index is 0.0422. The number of esters is 2. The quantitative estimate of drug-likeness (QED) is 0.336. The van der Waals surface area contributed by atoms with Gasteiger partial charge in [-0.2, -0.15) is 0 Å². The molecule has 0 rings (SSSR count). The molecular weight excluding hydrogens is 300 g/mol. The third kappa shape index (κ3) is 23.0. The Kier molecular flexibility index (Phi) is 19.3. The summed E-state index contributed by atoms with van der Waals surface area (Å²) in [5, 5.41) is 8.22. The smallest absolute Gasteiger partial charge is 0.332 e. The van der Waals surface area contributed by atoms with Gasteiger partial charge in [0, 0.05) is 6.61 Å². The molecule has 0 amide bonds. The van der Waals surface area contributed by atoms with Gasteiger partial charge in [0.15, 0.2) is 0 Å². The van der Waals surface area contributed by atoms with E-state index in [0.29, 0.717) is 19.1 Å². The average Bonchev–Trinajstić information content (AvgIpc) is 2.53. The summed E-state index contributed by atoms with van der Waals surface area (Å²) in [6.45, 7) is 10.6. The van der Waals surface area contributed by atoms with Crippen LogP contribution in [0.15, 0.2) is 12.7 Å². The second kappa shape index (κ2) is 18.6. The van der Waals surface area contributed by atoms with Crippen LogP contribution in [0.4, 0.5) is 0 Å². The van der Waals surface area contributed by atoms with Crippen molar-refractivity contribution in [3.8, 4) is 0 Å². The summed E-state index contributed by atoms with van der Waals surface area (Å²) >= 11 is 0. The van der Waals surface area contributed by atoms with Crippen LogP contribution in [-0.2, 0) is 23.8 Å². The van der Waals surface area contributed by atoms with Crippen molar-refractivity contribution >= 4 is 11.9 Å². The Morgan fingerprint density at radius 2 is 1.83 bits per heavy atom. The fourth-order valence-corrected chi connectivity index (χ4v) is 1.25. The predicted molar refractivity (Wildman–Crippen MR) is 89.0 cm³/mol. The van der Waals surface area contributed by atoms with Crippen molar-refractivity contribution in [1.82, 2.24) is 0 Å². The van der Waals surface area contributed by atoms with E-state index in [9.17, 15) is 9.59 Å². The molecule has 136 valence electrons. The summed E-state index contributed by atoms with van der Waals surface area (Å²) in [7, 11) is 0. The molecule has 0 aliphatic heterocycles. The van der Waals surface area contributed by atoms with Crippen LogP contribution in [0, 0.1) is 5.92 Å². The first kappa shape index (κ1) is 23.9. The van der Waals surface area contributed by atoms with Gasteiger partial charge in [-0.3, -0.25) is 0 Å². The van der Waals surface area contributed by atoms with Crippen LogP contribution in [0.3, 0.4) is 0 Å². The number of unbranched alkanes of at least 4 members (excludes halogenated alkanes) is 2. The Balaban J connectivity index is 0. The molecule has 0 fully saturated rings. The van der Waals surface area contributed by atoms with Gasteiger partial charge >= 0.3 is 11.9 Å². The Bertz CT molecular complexity index is 301. The van der Waals surface area contributed by atoms with E-state index in [-0.39, 0.29) is 19.2 Å². The maximum Gasteiger partial charge on any atom is 0.332 e. The molecule has 0 heterocycles. The predicted octanol–water partition coefficient (Wildman–Crippen LogP) is 2.49. The van der Waals surface area contributed by atoms with Crippen LogP contribution in [0.2, 0.25) is 0 Å². The molecule has 0 saturated heterocycles. The third-order valence-electron chi connectivity index (χ3n) is 2.56. The topological polar surface area (TPSA) is 82.1 Å². The molecule has 0 aromatic rings. The second-order valence-electron chi connectivity index (χ2n) is 5.29. The summed E-state index contributed by atoms with van der Waals surface area (Å²) in [5.74, 6) is -0.260. The molecule has 6 nitrogen and oxygen atoms in total. The van der Waals surface area contributed by atoms with Crippen molar-refractivity contribution in [2.24, 2.45) is 5.92 Å². The average molecular weight is 332 g/mol. The monoisotopic (exact) mass is 332 g/mol. The summed E-state index contributed by atoms with van der Waals surface area (Å²) in [4.78, 5) is 21.2. The maximum atomic E-state index is 10.9. The van der Waals surface area contributed by atoms with Gasteiger partial charge in [-0.25, -0.2) is 9.59 Å². The van der Waals surface area contributed by atoms with Gasteiger partial charge in [0.1, 0.15) is 19.8 Å². The third-order valence-corrected chi connectivity index (χ3v) is 2.56. The molecule has 0 aromatic heterocycles. The number of hydrogen-bond acceptors (Lipinski definition) is 6. The van der Waals surface area contributed by atoms with Crippen molar-refractivity contribution in [1.29, 1.82) is 0 Å². The van der Waals surface area contributed by atoms with Crippen LogP contribution in [0.25, 0.3) is 0 Å². The van der Waals surface area contributed by atoms with Crippen molar-refractivity contribution < 1.29 is 28.9 Å². The molecule has 1 N–H and O–H groups in total. The molecule has 6 heteroatoms. The van der Waals surface area contributed by atoms with Gasteiger partial charge in [0.05, 0.1) is 6.61 Å². The summed E-state index contributed by atoms with van der Waals surface area (Å²) in [5.41, 5.74) is 0. The zero-order chi connectivity index (χ0) is 17.9. The zero-order valence-electron chi connectivity index (χ0n) is 14.7. The van der Waals surface area contributed by atoms with Crippen LogP contribution in [0.5, 0.6) is 0 Å². The Hall–Kier alpha value is -1.40. The highest BCUT2D eigenvalue weighted by Gasteiger charge is 2.01. The van der Waals surface area contributed by atoms with Crippen molar-refractivity contribution in [3.05, 3.63) is 12.7 Å². The molecule has 0 aliphatic rings. The minimum atomic E-state index is -0.531. The number of hydrogen-bond donors (Lipinski definition) is 1. The number of ether oxygens (including phenoxy) is 3. The lowest BCUT2D eigenvalue weighted by Crippen LogP contribution is -2.13. The van der Waals surface area contributed by atoms with E-state index in [4.69, 9.17) is 14.6 Å². The normalized spacial score (nSPS) is 9.78. The SMILES string of the molecule is C=CCOC(=O)COCCC(C)C.CCCCCOC(=O)CO. The highest BCUT2D eigenvalue weighted by atomic mass is 16.6. The Morgan fingerprint density at radius 1 is 1.13 bits per heavy atom. The van der Waals surface area contributed by atoms with Gasteiger partial charge in [-0.1, -0.05) is 46.3 Å². The molecule has 0 spiro atoms. The fourth-order valence-electron chi connectivity index (χ4n) is 1.25. The standard InChI is InChI=1S/C10H18O3.C7H14O3/c1-4-6-13-10(11)8-12-7-5-9(2)3;1-2-3-4-5-10-7(9)6-8/h4,9H,1,5-8H2,2-3H3;8H,2-6H2,1H3. The van der Waals surface area contributed by atoms with E-state index in [2.05, 4.69) is 32.1 Å². The molecule has 0 radical (unpaired) electrons. The summed E-state index contributed by atoms with van der Waals surface area (Å²) in [6, 6.07) is 0.